The van der Waals surface area contributed by atoms with E-state index in [4.69, 9.17) is 16.5 Å². The highest BCUT2D eigenvalue weighted by molar-refractivity contribution is 6.79. The predicted molar refractivity (Wildman–Crippen MR) is 89.6 cm³/mol. The molecule has 9 heteroatoms. The minimum atomic E-state index is -2.34. The molecular weight excluding hydrogens is 322 g/mol. The van der Waals surface area contributed by atoms with E-state index in [2.05, 4.69) is 37.8 Å². The Kier molecular flexibility index (Phi) is 6.20. The minimum absolute atomic E-state index is 0.608. The molecule has 1 heterocycles. The van der Waals surface area contributed by atoms with E-state index in [9.17, 15) is 0 Å². The van der Waals surface area contributed by atoms with Crippen LogP contribution in [0, 0.1) is 0 Å². The van der Waals surface area contributed by atoms with Gasteiger partial charge < -0.3 is 16.5 Å². The van der Waals surface area contributed by atoms with E-state index in [1.54, 1.807) is 0 Å². The van der Waals surface area contributed by atoms with E-state index in [1.165, 1.54) is 32.1 Å². The van der Waals surface area contributed by atoms with Crippen molar-refractivity contribution in [3.63, 3.8) is 0 Å². The minimum Gasteiger partial charge on any atom is -0.420 e. The summed E-state index contributed by atoms with van der Waals surface area (Å²) in [5, 5.41) is 0. The Morgan fingerprint density at radius 3 is 1.90 bits per heavy atom. The van der Waals surface area contributed by atoms with Gasteiger partial charge in [-0.05, 0) is 46.1 Å². The Hall–Kier alpha value is 0.668. The van der Waals surface area contributed by atoms with Gasteiger partial charge in [0.15, 0.2) is 0 Å². The fourth-order valence-corrected chi connectivity index (χ4v) is 17.7. The average Bonchev–Trinajstić information content (AvgIpc) is 2.36. The Labute approximate surface area is 129 Å². The molecule has 0 bridgehead atoms. The van der Waals surface area contributed by atoms with Gasteiger partial charge in [-0.15, -0.1) is 0 Å². The Morgan fingerprint density at radius 1 is 0.900 bits per heavy atom. The molecule has 0 aromatic rings. The van der Waals surface area contributed by atoms with Crippen LogP contribution in [0.25, 0.3) is 0 Å². The fraction of sp³-hybridized carbons (Fsp3) is 1.00. The summed E-state index contributed by atoms with van der Waals surface area (Å²) in [6, 6.07) is 0.608. The molecule has 1 saturated carbocycles. The van der Waals surface area contributed by atoms with Crippen LogP contribution in [0.3, 0.4) is 0 Å². The summed E-state index contributed by atoms with van der Waals surface area (Å²) in [6.07, 6.45) is 6.57. The molecule has 2 rings (SSSR count). The van der Waals surface area contributed by atoms with Crippen molar-refractivity contribution in [1.82, 2.24) is 4.57 Å². The average molecular weight is 352 g/mol. The first-order valence-corrected chi connectivity index (χ1v) is 16.4. The zero-order chi connectivity index (χ0) is 14.8. The van der Waals surface area contributed by atoms with Crippen LogP contribution in [0.2, 0.25) is 26.2 Å². The zero-order valence-electron chi connectivity index (χ0n) is 13.4. The summed E-state index contributed by atoms with van der Waals surface area (Å²) in [5.74, 6) is 0. The third-order valence-corrected chi connectivity index (χ3v) is 18.2. The third-order valence-electron chi connectivity index (χ3n) is 4.30. The maximum atomic E-state index is 6.38. The molecule has 0 amide bonds. The van der Waals surface area contributed by atoms with Gasteiger partial charge in [0.25, 0.3) is 9.28 Å². The number of hydrogen-bond acceptors (Lipinski definition) is 5. The molecule has 0 aromatic carbocycles. The van der Waals surface area contributed by atoms with Crippen molar-refractivity contribution in [1.29, 1.82) is 0 Å². The summed E-state index contributed by atoms with van der Waals surface area (Å²) in [5.41, 5.74) is 0. The van der Waals surface area contributed by atoms with Gasteiger partial charge >= 0.3 is 27.3 Å². The number of rotatable bonds is 2. The lowest BCUT2D eigenvalue weighted by molar-refractivity contribution is 0.177. The second-order valence-electron chi connectivity index (χ2n) is 6.01. The number of nitrogens with zero attached hydrogens (tertiary/aromatic N) is 1. The third kappa shape index (κ3) is 4.33. The van der Waals surface area contributed by atoms with Gasteiger partial charge in [0, 0.05) is 6.04 Å². The van der Waals surface area contributed by atoms with Gasteiger partial charge in [-0.1, -0.05) is 19.3 Å². The van der Waals surface area contributed by atoms with Crippen molar-refractivity contribution in [3.8, 4) is 0 Å². The van der Waals surface area contributed by atoms with Crippen molar-refractivity contribution in [3.05, 3.63) is 0 Å². The lowest BCUT2D eigenvalue weighted by Gasteiger charge is -2.45. The maximum Gasteiger partial charge on any atom is 0.406 e. The van der Waals surface area contributed by atoms with Crippen molar-refractivity contribution >= 4 is 36.6 Å². The van der Waals surface area contributed by atoms with Gasteiger partial charge in [0.2, 0.25) is 0 Å². The Morgan fingerprint density at radius 2 is 1.40 bits per heavy atom. The molecule has 0 spiro atoms. The van der Waals surface area contributed by atoms with Crippen LogP contribution < -0.4 is 0 Å². The van der Waals surface area contributed by atoms with Crippen LogP contribution in [0.5, 0.6) is 0 Å². The van der Waals surface area contributed by atoms with E-state index in [0.717, 1.165) is 0 Å². The molecule has 1 saturated heterocycles. The van der Waals surface area contributed by atoms with Gasteiger partial charge in [0.1, 0.15) is 0 Å². The molecular formula is C11H29NO4Si4. The Balaban J connectivity index is 2.08. The molecule has 2 unspecified atom stereocenters. The van der Waals surface area contributed by atoms with E-state index in [1.807, 2.05) is 0 Å². The summed E-state index contributed by atoms with van der Waals surface area (Å²) in [4.78, 5) is 0. The first-order valence-electron chi connectivity index (χ1n) is 7.80. The van der Waals surface area contributed by atoms with Gasteiger partial charge in [-0.3, -0.25) is 4.57 Å². The van der Waals surface area contributed by atoms with E-state index < -0.39 is 36.6 Å². The molecule has 0 N–H and O–H groups in total. The lowest BCUT2D eigenvalue weighted by Crippen LogP contribution is -2.64. The van der Waals surface area contributed by atoms with Gasteiger partial charge in [0.05, 0.1) is 0 Å². The van der Waals surface area contributed by atoms with Crippen molar-refractivity contribution < 1.29 is 16.5 Å². The van der Waals surface area contributed by atoms with Gasteiger partial charge in [-0.25, -0.2) is 0 Å². The normalized spacial score (nSPS) is 41.4. The highest BCUT2D eigenvalue weighted by atomic mass is 28.5. The monoisotopic (exact) mass is 351 g/mol. The van der Waals surface area contributed by atoms with Crippen molar-refractivity contribution in [2.24, 2.45) is 0 Å². The molecule has 2 fully saturated rings. The molecule has 5 nitrogen and oxygen atoms in total. The SMILES string of the molecule is CN(C1CCCCC1)[Si]1(C)O[SiH](C)O[SiH](C)O[SiH](C)O1. The predicted octanol–water partition coefficient (Wildman–Crippen LogP) is 1.45. The van der Waals surface area contributed by atoms with Crippen LogP contribution in [-0.4, -0.2) is 54.2 Å². The zero-order valence-corrected chi connectivity index (χ0v) is 17.9. The summed E-state index contributed by atoms with van der Waals surface area (Å²) < 4.78 is 27.2. The molecule has 20 heavy (non-hydrogen) atoms. The first kappa shape index (κ1) is 17.0. The molecule has 1 aliphatic carbocycles. The van der Waals surface area contributed by atoms with Crippen LogP contribution in [0.15, 0.2) is 0 Å². The van der Waals surface area contributed by atoms with Crippen LogP contribution >= 0.6 is 0 Å². The Bertz CT molecular complexity index is 305. The highest BCUT2D eigenvalue weighted by Crippen LogP contribution is 2.28. The lowest BCUT2D eigenvalue weighted by atomic mass is 9.96. The molecule has 2 atom stereocenters. The topological polar surface area (TPSA) is 40.2 Å². The molecule has 0 aromatic heterocycles. The maximum absolute atomic E-state index is 6.38. The smallest absolute Gasteiger partial charge is 0.406 e. The highest BCUT2D eigenvalue weighted by Gasteiger charge is 2.46. The fourth-order valence-electron chi connectivity index (χ4n) is 3.24. The van der Waals surface area contributed by atoms with E-state index >= 15 is 0 Å². The van der Waals surface area contributed by atoms with Crippen molar-refractivity contribution in [2.75, 3.05) is 7.05 Å². The summed E-state index contributed by atoms with van der Waals surface area (Å²) in [6.45, 7) is 8.47. The first-order chi connectivity index (χ1) is 9.40. The standard InChI is InChI=1S/C11H29NO4Si4/c1-12(11-9-7-6-8-10-11)20(5)15-18(3)13-17(2)14-19(4)16-20/h11,17-19H,6-10H2,1-5H3. The second-order valence-corrected chi connectivity index (χ2v) is 16.0. The van der Waals surface area contributed by atoms with E-state index in [0.29, 0.717) is 6.04 Å². The van der Waals surface area contributed by atoms with E-state index in [-0.39, 0.29) is 0 Å². The largest absolute Gasteiger partial charge is 0.420 e. The molecule has 1 aliphatic heterocycles. The summed E-state index contributed by atoms with van der Waals surface area (Å²) >= 11 is 0. The number of hydrogen-bond donors (Lipinski definition) is 0. The second kappa shape index (κ2) is 7.29. The van der Waals surface area contributed by atoms with Crippen LogP contribution in [0.4, 0.5) is 0 Å². The van der Waals surface area contributed by atoms with Gasteiger partial charge in [-0.2, -0.15) is 0 Å². The molecule has 2 aliphatic rings. The molecule has 0 radical (unpaired) electrons. The summed E-state index contributed by atoms with van der Waals surface area (Å²) in [7, 11) is -4.95. The molecule has 118 valence electrons. The van der Waals surface area contributed by atoms with Crippen LogP contribution in [0.1, 0.15) is 32.1 Å². The quantitative estimate of drug-likeness (QED) is 0.704. The van der Waals surface area contributed by atoms with Crippen molar-refractivity contribution in [2.45, 2.75) is 64.3 Å². The van der Waals surface area contributed by atoms with Crippen LogP contribution in [-0.2, 0) is 16.5 Å².